The summed E-state index contributed by atoms with van der Waals surface area (Å²) in [7, 11) is 0. The van der Waals surface area contributed by atoms with Crippen LogP contribution in [0, 0.1) is 19.7 Å². The zero-order valence-electron chi connectivity index (χ0n) is 10.4. The number of nitrogens with zero attached hydrogens (tertiary/aromatic N) is 2. The summed E-state index contributed by atoms with van der Waals surface area (Å²) in [5, 5.41) is 0. The summed E-state index contributed by atoms with van der Waals surface area (Å²) in [5.74, 6) is -0.317. The van der Waals surface area contributed by atoms with Gasteiger partial charge in [-0.3, -0.25) is 4.57 Å². The van der Waals surface area contributed by atoms with Crippen LogP contribution in [0.15, 0.2) is 31.9 Å². The molecule has 0 radical (unpaired) electrons. The Morgan fingerprint density at radius 3 is 2.63 bits per heavy atom. The fraction of sp³-hybridized carbons (Fsp3) is 0.231. The molecule has 0 aliphatic heterocycles. The third kappa shape index (κ3) is 2.95. The van der Waals surface area contributed by atoms with Gasteiger partial charge in [-0.15, -0.1) is 0 Å². The largest absolute Gasteiger partial charge is 0.348 e. The summed E-state index contributed by atoms with van der Waals surface area (Å²) >= 11 is 6.71. The molecule has 0 N–H and O–H groups in total. The third-order valence-corrected chi connectivity index (χ3v) is 4.76. The average molecular weight is 390 g/mol. The molecule has 0 bridgehead atoms. The first kappa shape index (κ1) is 14.4. The zero-order chi connectivity index (χ0) is 14.2. The highest BCUT2D eigenvalue weighted by atomic mass is 79.9. The van der Waals surface area contributed by atoms with E-state index in [2.05, 4.69) is 36.8 Å². The average Bonchev–Trinajstić information content (AvgIpc) is 2.34. The van der Waals surface area contributed by atoms with Gasteiger partial charge in [0.15, 0.2) is 0 Å². The van der Waals surface area contributed by atoms with Crippen molar-refractivity contribution < 1.29 is 4.39 Å². The lowest BCUT2D eigenvalue weighted by molar-refractivity contribution is 0.623. The number of aryl methyl sites for hydroxylation is 1. The smallest absolute Gasteiger partial charge is 0.291 e. The van der Waals surface area contributed by atoms with Gasteiger partial charge in [0.2, 0.25) is 0 Å². The standard InChI is InChI=1S/C13H11Br2FN2O/c1-7-12(15)8(2)18(13(19)17-7)6-9-3-4-10(16)5-11(9)14/h3-5H,6H2,1-2H3. The molecular weight excluding hydrogens is 379 g/mol. The summed E-state index contributed by atoms with van der Waals surface area (Å²) < 4.78 is 16.0. The Balaban J connectivity index is 2.50. The second kappa shape index (κ2) is 5.54. The van der Waals surface area contributed by atoms with Crippen LogP contribution in [0.1, 0.15) is 17.0 Å². The van der Waals surface area contributed by atoms with Crippen molar-refractivity contribution >= 4 is 31.9 Å². The van der Waals surface area contributed by atoms with E-state index in [1.807, 2.05) is 6.92 Å². The van der Waals surface area contributed by atoms with Gasteiger partial charge in [0, 0.05) is 10.2 Å². The van der Waals surface area contributed by atoms with E-state index in [1.54, 1.807) is 17.6 Å². The second-order valence-corrected chi connectivity index (χ2v) is 5.85. The molecule has 0 aliphatic carbocycles. The van der Waals surface area contributed by atoms with Crippen molar-refractivity contribution in [2.45, 2.75) is 20.4 Å². The number of hydrogen-bond acceptors (Lipinski definition) is 2. The van der Waals surface area contributed by atoms with E-state index in [4.69, 9.17) is 0 Å². The molecule has 1 heterocycles. The first-order valence-corrected chi connectivity index (χ1v) is 7.16. The summed E-state index contributed by atoms with van der Waals surface area (Å²) in [5.41, 5.74) is 1.98. The van der Waals surface area contributed by atoms with Crippen molar-refractivity contribution in [1.82, 2.24) is 9.55 Å². The van der Waals surface area contributed by atoms with E-state index >= 15 is 0 Å². The van der Waals surface area contributed by atoms with Gasteiger partial charge in [0.05, 0.1) is 16.7 Å². The molecular formula is C13H11Br2FN2O. The topological polar surface area (TPSA) is 34.9 Å². The molecule has 0 atom stereocenters. The summed E-state index contributed by atoms with van der Waals surface area (Å²) in [6.07, 6.45) is 0. The van der Waals surface area contributed by atoms with E-state index in [-0.39, 0.29) is 11.5 Å². The first-order valence-electron chi connectivity index (χ1n) is 5.57. The lowest BCUT2D eigenvalue weighted by Gasteiger charge is -2.13. The normalized spacial score (nSPS) is 10.8. The fourth-order valence-electron chi connectivity index (χ4n) is 1.78. The van der Waals surface area contributed by atoms with Crippen LogP contribution >= 0.6 is 31.9 Å². The van der Waals surface area contributed by atoms with Crippen molar-refractivity contribution in [3.8, 4) is 0 Å². The number of benzene rings is 1. The molecule has 0 saturated heterocycles. The minimum atomic E-state index is -0.317. The van der Waals surface area contributed by atoms with Crippen molar-refractivity contribution in [2.75, 3.05) is 0 Å². The van der Waals surface area contributed by atoms with E-state index in [1.165, 1.54) is 12.1 Å². The number of hydrogen-bond donors (Lipinski definition) is 0. The third-order valence-electron chi connectivity index (χ3n) is 2.88. The number of rotatable bonds is 2. The number of aromatic nitrogens is 2. The van der Waals surface area contributed by atoms with E-state index in [0.717, 1.165) is 15.7 Å². The molecule has 1 aromatic carbocycles. The second-order valence-electron chi connectivity index (χ2n) is 4.20. The molecule has 2 rings (SSSR count). The molecule has 0 fully saturated rings. The van der Waals surface area contributed by atoms with Crippen LogP contribution < -0.4 is 5.69 Å². The van der Waals surface area contributed by atoms with Crippen LogP contribution in [0.25, 0.3) is 0 Å². The van der Waals surface area contributed by atoms with Gasteiger partial charge >= 0.3 is 5.69 Å². The summed E-state index contributed by atoms with van der Waals surface area (Å²) in [6, 6.07) is 4.41. The summed E-state index contributed by atoms with van der Waals surface area (Å²) in [4.78, 5) is 15.9. The van der Waals surface area contributed by atoms with Gasteiger partial charge in [0.25, 0.3) is 0 Å². The van der Waals surface area contributed by atoms with Crippen LogP contribution in [0.2, 0.25) is 0 Å². The lowest BCUT2D eigenvalue weighted by atomic mass is 10.2. The Morgan fingerprint density at radius 2 is 2.00 bits per heavy atom. The van der Waals surface area contributed by atoms with Crippen molar-refractivity contribution in [3.63, 3.8) is 0 Å². The minimum absolute atomic E-state index is 0.311. The molecule has 3 nitrogen and oxygen atoms in total. The molecule has 0 spiro atoms. The van der Waals surface area contributed by atoms with E-state index in [9.17, 15) is 9.18 Å². The molecule has 2 aromatic rings. The molecule has 19 heavy (non-hydrogen) atoms. The number of halogens is 3. The van der Waals surface area contributed by atoms with Gasteiger partial charge < -0.3 is 0 Å². The van der Waals surface area contributed by atoms with E-state index in [0.29, 0.717) is 16.7 Å². The molecule has 0 saturated carbocycles. The Hall–Kier alpha value is -1.01. The van der Waals surface area contributed by atoms with Gasteiger partial charge in [0.1, 0.15) is 5.82 Å². The SMILES string of the molecule is Cc1nc(=O)n(Cc2ccc(F)cc2Br)c(C)c1Br. The van der Waals surface area contributed by atoms with Crippen molar-refractivity contribution in [1.29, 1.82) is 0 Å². The monoisotopic (exact) mass is 388 g/mol. The van der Waals surface area contributed by atoms with Gasteiger partial charge in [-0.2, -0.15) is 4.98 Å². The highest BCUT2D eigenvalue weighted by Crippen LogP contribution is 2.21. The predicted molar refractivity (Wildman–Crippen MR) is 78.9 cm³/mol. The molecule has 0 aliphatic rings. The van der Waals surface area contributed by atoms with Gasteiger partial charge in [-0.05, 0) is 47.5 Å². The highest BCUT2D eigenvalue weighted by Gasteiger charge is 2.11. The molecule has 6 heteroatoms. The molecule has 1 aromatic heterocycles. The minimum Gasteiger partial charge on any atom is -0.291 e. The Labute approximate surface area is 126 Å². The van der Waals surface area contributed by atoms with Crippen LogP contribution in [0.4, 0.5) is 4.39 Å². The highest BCUT2D eigenvalue weighted by molar-refractivity contribution is 9.10. The maximum atomic E-state index is 13.0. The van der Waals surface area contributed by atoms with Crippen LogP contribution in [0.5, 0.6) is 0 Å². The van der Waals surface area contributed by atoms with Gasteiger partial charge in [-0.25, -0.2) is 9.18 Å². The molecule has 0 unspecified atom stereocenters. The van der Waals surface area contributed by atoms with Crippen LogP contribution in [0.3, 0.4) is 0 Å². The Morgan fingerprint density at radius 1 is 1.32 bits per heavy atom. The predicted octanol–water partition coefficient (Wildman–Crippen LogP) is 3.57. The van der Waals surface area contributed by atoms with Crippen molar-refractivity contribution in [2.24, 2.45) is 0 Å². The van der Waals surface area contributed by atoms with Crippen LogP contribution in [-0.4, -0.2) is 9.55 Å². The quantitative estimate of drug-likeness (QED) is 0.786. The lowest BCUT2D eigenvalue weighted by Crippen LogP contribution is -2.27. The Kier molecular flexibility index (Phi) is 4.20. The van der Waals surface area contributed by atoms with Crippen molar-refractivity contribution in [3.05, 3.63) is 60.4 Å². The maximum absolute atomic E-state index is 13.0. The van der Waals surface area contributed by atoms with Gasteiger partial charge in [-0.1, -0.05) is 22.0 Å². The maximum Gasteiger partial charge on any atom is 0.348 e. The first-order chi connectivity index (χ1) is 8.90. The van der Waals surface area contributed by atoms with E-state index < -0.39 is 0 Å². The zero-order valence-corrected chi connectivity index (χ0v) is 13.5. The summed E-state index contributed by atoms with van der Waals surface area (Å²) in [6.45, 7) is 3.96. The molecule has 100 valence electrons. The fourth-order valence-corrected chi connectivity index (χ4v) is 2.56. The molecule has 0 amide bonds. The Bertz CT molecular complexity index is 698. The van der Waals surface area contributed by atoms with Crippen LogP contribution in [-0.2, 0) is 6.54 Å².